The van der Waals surface area contributed by atoms with Crippen LogP contribution < -0.4 is 22.1 Å². The lowest BCUT2D eigenvalue weighted by atomic mass is 9.78. The molecule has 6 saturated heterocycles. The van der Waals surface area contributed by atoms with Crippen molar-refractivity contribution in [3.05, 3.63) is 70.7 Å². The van der Waals surface area contributed by atoms with E-state index >= 15 is 0 Å². The van der Waals surface area contributed by atoms with Crippen LogP contribution in [0.5, 0.6) is 0 Å². The molecule has 660 valence electrons. The molecule has 32 heteroatoms. The Morgan fingerprint density at radius 2 is 1.07 bits per heavy atom. The van der Waals surface area contributed by atoms with Crippen LogP contribution in [0.15, 0.2) is 59.8 Å². The number of ketones is 2. The molecule has 0 spiro atoms. The SMILES string of the molecule is C#Cc1cccc(N)c1.CC[C@H]1OC(=O)[C@H](C)C(=O)[C@H](C)[C@@H](O[C@@H]2OC(C)CC(N(C)C)C2O)[C@](C)(OC)C[C@@H](C)CN[C@H](C)[C@H]2N(CCCCN=[N+]=[N-])C(=O)O[C@]12C.CC[C@H]1OC(=O)[C@H](C)C(=O)[C@H](C)[C@@H](O[C@@H]2OC(C)CC(N(C)C)C2O)[C@](C)(OC)C[C@@H](C)CN[C@H](C)[C@H]2N(CCCCn3cc(-c4cccc(N)c4)nn3)C(=O)O[C@]12C. The first-order valence-electron chi connectivity index (χ1n) is 42.1. The van der Waals surface area contributed by atoms with E-state index in [1.165, 1.54) is 13.8 Å². The van der Waals surface area contributed by atoms with E-state index in [1.807, 2.05) is 143 Å². The Hall–Kier alpha value is -7.61. The lowest BCUT2D eigenvalue weighted by Crippen LogP contribution is -2.61. The number of nitrogens with one attached hydrogen (secondary N) is 2. The summed E-state index contributed by atoms with van der Waals surface area (Å²) in [7, 11) is 10.8. The molecule has 6 aliphatic heterocycles. The van der Waals surface area contributed by atoms with E-state index in [9.17, 15) is 39.0 Å². The van der Waals surface area contributed by atoms with Gasteiger partial charge in [0.05, 0.1) is 53.9 Å². The summed E-state index contributed by atoms with van der Waals surface area (Å²) in [5.74, 6) is -3.84. The molecule has 0 bridgehead atoms. The highest BCUT2D eigenvalue weighted by molar-refractivity contribution is 6.00. The minimum absolute atomic E-state index is 0.00887. The lowest BCUT2D eigenvalue weighted by molar-refractivity contribution is -0.295. The first-order chi connectivity index (χ1) is 55.6. The summed E-state index contributed by atoms with van der Waals surface area (Å²) in [5, 5.41) is 42.3. The summed E-state index contributed by atoms with van der Waals surface area (Å²) in [6.07, 6.45) is 3.42. The van der Waals surface area contributed by atoms with Crippen LogP contribution in [-0.4, -0.2) is 276 Å². The standard InChI is InChI=1S/C43H69N7O9.C35H62N6O9.C8H7N/c1-12-34-43(8)37(50(41(54)59-43)19-14-13-18-49-24-32(46-47-49)30-16-15-17-31(44)21-30)29(6)45-23-25(2)22-42(7,55-11)38(27(4)35(51)28(5)39(53)57-34)58-40-36(52)33(48(9)10)20-26(3)56-40;1-12-26-35(8)29(41(33(45)50-35)16-14-13-15-38-39-36)24(6)37-19-20(2)18-34(7,46-11)30(22(4)27(42)23(5)31(44)48-26)49-32-28(43)25(40(9)10)17-21(3)47-32;1-2-7-4-3-5-8(9)6-7/h15-17,21,24-29,33-34,36-38,40,45,52H,12-14,18-20,22-23,44H2,1-11H3;20-26,28-30,32,37,43H,12-19H2,1-11H3;1,3-6H,9H2/t25-,26?,27+,28-,29-,33?,34-,36?,37-,38-,40+,42-,43-;20-,21?,22+,23-,24-,25?,26-,28?,29-,30-,32+,34-,35-;/m11./s1. The second-order valence-corrected chi connectivity index (χ2v) is 34.8. The zero-order valence-corrected chi connectivity index (χ0v) is 73.8. The minimum Gasteiger partial charge on any atom is -0.458 e. The number of ether oxygens (including phenoxy) is 10. The molecule has 1 aromatic heterocycles. The number of aliphatic hydroxyl groups excluding tert-OH is 2. The van der Waals surface area contributed by atoms with Crippen LogP contribution in [0.3, 0.4) is 0 Å². The molecule has 0 radical (unpaired) electrons. The van der Waals surface area contributed by atoms with Crippen LogP contribution in [0.25, 0.3) is 21.7 Å². The molecule has 6 aliphatic rings. The van der Waals surface area contributed by atoms with Crippen molar-refractivity contribution in [3.63, 3.8) is 0 Å². The highest BCUT2D eigenvalue weighted by atomic mass is 16.7. The van der Waals surface area contributed by atoms with E-state index in [0.29, 0.717) is 115 Å². The number of unbranched alkanes of at least 4 members (excludes halogenated alkanes) is 2. The number of aromatic nitrogens is 3. The zero-order chi connectivity index (χ0) is 87.6. The van der Waals surface area contributed by atoms with Gasteiger partial charge in [-0.2, -0.15) is 0 Å². The molecular formula is C86H138N14O18. The lowest BCUT2D eigenvalue weighted by Gasteiger charge is -2.46. The summed E-state index contributed by atoms with van der Waals surface area (Å²) in [5.41, 5.74) is 19.3. The highest BCUT2D eigenvalue weighted by Crippen LogP contribution is 2.44. The number of carbonyl (C=O) groups excluding carboxylic acids is 6. The number of rotatable bonds is 21. The number of Topliss-reactive ketones (excluding diaryl/α,β-unsaturated/α-hetero) is 2. The maximum atomic E-state index is 14.4. The average molecular weight is 1660 g/mol. The predicted octanol–water partition coefficient (Wildman–Crippen LogP) is 9.59. The van der Waals surface area contributed by atoms with Crippen LogP contribution >= 0.6 is 0 Å². The number of cyclic esters (lactones) is 2. The molecule has 8 N–H and O–H groups in total. The number of amides is 2. The number of hydrogen-bond donors (Lipinski definition) is 6. The van der Waals surface area contributed by atoms with Gasteiger partial charge in [0, 0.05) is 104 Å². The second-order valence-electron chi connectivity index (χ2n) is 34.8. The molecule has 0 aliphatic carbocycles. The quantitative estimate of drug-likeness (QED) is 0.00665. The van der Waals surface area contributed by atoms with E-state index in [4.69, 9.17) is 70.8 Å². The zero-order valence-electron chi connectivity index (χ0n) is 73.8. The molecule has 6 unspecified atom stereocenters. The third-order valence-corrected chi connectivity index (χ3v) is 24.9. The van der Waals surface area contributed by atoms with E-state index in [2.05, 4.69) is 50.7 Å². The van der Waals surface area contributed by atoms with Gasteiger partial charge in [0.25, 0.3) is 0 Å². The number of anilines is 2. The van der Waals surface area contributed by atoms with Crippen molar-refractivity contribution in [2.24, 2.45) is 40.6 Å². The number of terminal acetylenes is 1. The van der Waals surface area contributed by atoms with Gasteiger partial charge in [-0.05, 0) is 222 Å². The number of fused-ring (bicyclic) bond motifs is 2. The number of azide groups is 1. The minimum atomic E-state index is -1.23. The van der Waals surface area contributed by atoms with Crippen molar-refractivity contribution in [1.82, 2.24) is 45.2 Å². The van der Waals surface area contributed by atoms with E-state index < -0.39 is 143 Å². The van der Waals surface area contributed by atoms with Gasteiger partial charge in [-0.25, -0.2) is 9.59 Å². The maximum Gasteiger partial charge on any atom is 0.410 e. The molecule has 26 atom stereocenters. The summed E-state index contributed by atoms with van der Waals surface area (Å²) in [4.78, 5) is 93.8. The Labute approximate surface area is 698 Å². The van der Waals surface area contributed by atoms with Gasteiger partial charge < -0.3 is 89.5 Å². The molecule has 32 nitrogen and oxygen atoms in total. The molecule has 6 fully saturated rings. The number of carbonyl (C=O) groups is 6. The van der Waals surface area contributed by atoms with Gasteiger partial charge in [0.15, 0.2) is 35.3 Å². The van der Waals surface area contributed by atoms with Gasteiger partial charge in [0.1, 0.15) is 41.9 Å². The molecule has 118 heavy (non-hydrogen) atoms. The number of esters is 2. The Morgan fingerprint density at radius 3 is 1.46 bits per heavy atom. The number of likely N-dealkylation sites (N-methyl/N-ethyl adjacent to an activating group) is 2. The summed E-state index contributed by atoms with van der Waals surface area (Å²) < 4.78 is 64.4. The Bertz CT molecular complexity index is 3880. The molecule has 2 amide bonds. The van der Waals surface area contributed by atoms with Crippen molar-refractivity contribution in [2.75, 3.05) is 86.6 Å². The largest absolute Gasteiger partial charge is 0.458 e. The monoisotopic (exact) mass is 1660 g/mol. The first kappa shape index (κ1) is 97.5. The van der Waals surface area contributed by atoms with Crippen LogP contribution in [0.4, 0.5) is 21.0 Å². The van der Waals surface area contributed by atoms with E-state index in [0.717, 1.165) is 16.8 Å². The Kier molecular flexibility index (Phi) is 35.7. The van der Waals surface area contributed by atoms with Crippen LogP contribution in [0.2, 0.25) is 0 Å². The maximum absolute atomic E-state index is 14.4. The van der Waals surface area contributed by atoms with Crippen LogP contribution in [-0.2, 0) is 73.1 Å². The number of aliphatic hydroxyl groups is 2. The van der Waals surface area contributed by atoms with Crippen molar-refractivity contribution in [2.45, 2.75) is 302 Å². The average Bonchev–Trinajstić information content (AvgIpc) is 1.60. The fourth-order valence-corrected chi connectivity index (χ4v) is 18.2. The molecule has 3 aromatic rings. The van der Waals surface area contributed by atoms with Crippen LogP contribution in [0.1, 0.15) is 181 Å². The molecule has 7 heterocycles. The molecular weight excluding hydrogens is 1520 g/mol. The van der Waals surface area contributed by atoms with Crippen molar-refractivity contribution in [3.8, 4) is 23.6 Å². The number of hydrogen-bond acceptors (Lipinski definition) is 27. The fraction of sp³-hybridized carbons (Fsp3) is 0.744. The van der Waals surface area contributed by atoms with Crippen LogP contribution in [0, 0.1) is 47.9 Å². The number of methoxy groups -OCH3 is 2. The number of benzene rings is 2. The van der Waals surface area contributed by atoms with Crippen molar-refractivity contribution >= 4 is 47.1 Å². The van der Waals surface area contributed by atoms with E-state index in [1.54, 1.807) is 61.6 Å². The summed E-state index contributed by atoms with van der Waals surface area (Å²) in [6.45, 7) is 32.4. The fourth-order valence-electron chi connectivity index (χ4n) is 18.2. The summed E-state index contributed by atoms with van der Waals surface area (Å²) >= 11 is 0. The highest BCUT2D eigenvalue weighted by Gasteiger charge is 2.61. The normalized spacial score (nSPS) is 36.1. The third-order valence-electron chi connectivity index (χ3n) is 24.9. The molecule has 9 rings (SSSR count). The predicted molar refractivity (Wildman–Crippen MR) is 447 cm³/mol. The summed E-state index contributed by atoms with van der Waals surface area (Å²) in [6, 6.07) is 12.7. The second kappa shape index (κ2) is 43.2. The number of nitrogen functional groups attached to an aromatic ring is 2. The third kappa shape index (κ3) is 23.8. The van der Waals surface area contributed by atoms with E-state index in [-0.39, 0.29) is 48.2 Å². The molecule has 0 saturated carbocycles. The van der Waals surface area contributed by atoms with Gasteiger partial charge in [-0.3, -0.25) is 33.7 Å². The molecule has 2 aromatic carbocycles. The number of aryl methyl sites for hydroxylation is 1. The Morgan fingerprint density at radius 1 is 0.644 bits per heavy atom. The number of nitrogens with zero attached hydrogens (tertiary/aromatic N) is 10. The van der Waals surface area contributed by atoms with Crippen molar-refractivity contribution < 1.29 is 86.3 Å². The first-order valence-corrected chi connectivity index (χ1v) is 42.1. The smallest absolute Gasteiger partial charge is 0.410 e. The van der Waals surface area contributed by atoms with Gasteiger partial charge in [-0.1, -0.05) is 76.0 Å². The van der Waals surface area contributed by atoms with Gasteiger partial charge in [0.2, 0.25) is 0 Å². The number of nitrogens with two attached hydrogens (primary N) is 2. The van der Waals surface area contributed by atoms with Gasteiger partial charge in [-0.15, -0.1) is 11.5 Å². The van der Waals surface area contributed by atoms with Gasteiger partial charge >= 0.3 is 24.1 Å². The Balaban J connectivity index is 0.000000297. The topological polar surface area (TPSA) is 404 Å². The van der Waals surface area contributed by atoms with Crippen molar-refractivity contribution in [1.29, 1.82) is 0 Å².